The first kappa shape index (κ1) is 22.6. The van der Waals surface area contributed by atoms with E-state index in [-0.39, 0.29) is 11.7 Å². The van der Waals surface area contributed by atoms with Gasteiger partial charge < -0.3 is 4.74 Å². The van der Waals surface area contributed by atoms with Crippen LogP contribution in [-0.2, 0) is 11.0 Å². The molecule has 0 saturated heterocycles. The van der Waals surface area contributed by atoms with E-state index >= 15 is 0 Å². The molecule has 4 atom stereocenters. The van der Waals surface area contributed by atoms with Gasteiger partial charge in [-0.2, -0.15) is 13.2 Å². The van der Waals surface area contributed by atoms with Gasteiger partial charge in [-0.3, -0.25) is 4.79 Å². The number of alkyl halides is 3. The minimum Gasteiger partial charge on any atom is -0.426 e. The molecule has 1 aromatic carbocycles. The fraction of sp³-hybridized carbons (Fsp3) is 0.720. The van der Waals surface area contributed by atoms with Crippen molar-refractivity contribution in [2.75, 3.05) is 0 Å². The highest BCUT2D eigenvalue weighted by Gasteiger charge is 2.39. The van der Waals surface area contributed by atoms with Crippen LogP contribution in [0.4, 0.5) is 17.6 Å². The maximum absolute atomic E-state index is 13.7. The Balaban J connectivity index is 1.27. The predicted molar refractivity (Wildman–Crippen MR) is 110 cm³/mol. The van der Waals surface area contributed by atoms with Gasteiger partial charge in [0.2, 0.25) is 0 Å². The standard InChI is InChI=1S/C25H32F4O2/c1-15-2-3-20-13-19(9-8-18(20)12-15)16-4-6-17(7-5-16)24(30)31-21-10-11-22(23(26)14-21)25(27,28)29/h10-11,14-20H,2-9,12-13H2,1H3. The lowest BCUT2D eigenvalue weighted by Crippen LogP contribution is -2.35. The van der Waals surface area contributed by atoms with Crippen molar-refractivity contribution in [3.05, 3.63) is 29.6 Å². The Bertz CT molecular complexity index is 782. The topological polar surface area (TPSA) is 26.3 Å². The Labute approximate surface area is 181 Å². The molecule has 3 aliphatic carbocycles. The van der Waals surface area contributed by atoms with Crippen LogP contribution in [-0.4, -0.2) is 5.97 Å². The van der Waals surface area contributed by atoms with E-state index in [9.17, 15) is 22.4 Å². The number of hydrogen-bond donors (Lipinski definition) is 0. The Morgan fingerprint density at radius 2 is 1.45 bits per heavy atom. The van der Waals surface area contributed by atoms with Crippen molar-refractivity contribution in [3.63, 3.8) is 0 Å². The smallest absolute Gasteiger partial charge is 0.419 e. The predicted octanol–water partition coefficient (Wildman–Crippen LogP) is 7.41. The molecule has 0 bridgehead atoms. The zero-order valence-electron chi connectivity index (χ0n) is 18.1. The molecule has 0 aromatic heterocycles. The summed E-state index contributed by atoms with van der Waals surface area (Å²) in [7, 11) is 0. The number of ether oxygens (including phenoxy) is 1. The van der Waals surface area contributed by atoms with E-state index in [0.29, 0.717) is 18.1 Å². The average Bonchev–Trinajstić information content (AvgIpc) is 2.72. The van der Waals surface area contributed by atoms with Gasteiger partial charge in [-0.25, -0.2) is 4.39 Å². The fourth-order valence-corrected chi connectivity index (χ4v) is 6.40. The molecule has 4 unspecified atom stereocenters. The molecule has 0 aliphatic heterocycles. The molecule has 172 valence electrons. The van der Waals surface area contributed by atoms with Gasteiger partial charge in [0.1, 0.15) is 11.6 Å². The van der Waals surface area contributed by atoms with Crippen molar-refractivity contribution in [1.82, 2.24) is 0 Å². The molecule has 0 N–H and O–H groups in total. The number of rotatable bonds is 3. The fourth-order valence-electron chi connectivity index (χ4n) is 6.40. The van der Waals surface area contributed by atoms with Crippen LogP contribution >= 0.6 is 0 Å². The van der Waals surface area contributed by atoms with E-state index in [0.717, 1.165) is 55.4 Å². The third-order valence-electron chi connectivity index (χ3n) is 8.15. The average molecular weight is 441 g/mol. The summed E-state index contributed by atoms with van der Waals surface area (Å²) in [5.74, 6) is 1.79. The first-order chi connectivity index (χ1) is 14.7. The van der Waals surface area contributed by atoms with E-state index in [4.69, 9.17) is 4.74 Å². The van der Waals surface area contributed by atoms with Crippen molar-refractivity contribution >= 4 is 5.97 Å². The van der Waals surface area contributed by atoms with E-state index < -0.39 is 23.5 Å². The Kier molecular flexibility index (Phi) is 6.64. The molecule has 0 radical (unpaired) electrons. The van der Waals surface area contributed by atoms with E-state index in [1.807, 2.05) is 0 Å². The maximum atomic E-state index is 13.7. The minimum atomic E-state index is -4.76. The van der Waals surface area contributed by atoms with Crippen molar-refractivity contribution in [3.8, 4) is 5.75 Å². The summed E-state index contributed by atoms with van der Waals surface area (Å²) in [5, 5.41) is 0. The second-order valence-corrected chi connectivity index (χ2v) is 10.2. The molecule has 3 saturated carbocycles. The van der Waals surface area contributed by atoms with Crippen molar-refractivity contribution in [2.45, 2.75) is 77.3 Å². The lowest BCUT2D eigenvalue weighted by atomic mass is 9.61. The number of carbonyl (C=O) groups excluding carboxylic acids is 1. The lowest BCUT2D eigenvalue weighted by Gasteiger charge is -2.44. The van der Waals surface area contributed by atoms with Crippen LogP contribution in [0.3, 0.4) is 0 Å². The molecule has 3 fully saturated rings. The molecular formula is C25H32F4O2. The zero-order chi connectivity index (χ0) is 22.2. The Hall–Kier alpha value is -1.59. The third-order valence-corrected chi connectivity index (χ3v) is 8.15. The highest BCUT2D eigenvalue weighted by molar-refractivity contribution is 5.75. The van der Waals surface area contributed by atoms with E-state index in [2.05, 4.69) is 6.92 Å². The van der Waals surface area contributed by atoms with Crippen LogP contribution in [0, 0.1) is 41.3 Å². The van der Waals surface area contributed by atoms with Crippen LogP contribution in [0.15, 0.2) is 18.2 Å². The number of esters is 1. The van der Waals surface area contributed by atoms with Gasteiger partial charge in [0.25, 0.3) is 0 Å². The first-order valence-corrected chi connectivity index (χ1v) is 11.8. The van der Waals surface area contributed by atoms with Gasteiger partial charge in [0, 0.05) is 6.07 Å². The second kappa shape index (κ2) is 9.11. The summed E-state index contributed by atoms with van der Waals surface area (Å²) in [4.78, 5) is 12.5. The van der Waals surface area contributed by atoms with Gasteiger partial charge in [0.05, 0.1) is 11.5 Å². The number of halogens is 4. The van der Waals surface area contributed by atoms with Gasteiger partial charge in [-0.05, 0) is 99.5 Å². The monoisotopic (exact) mass is 440 g/mol. The van der Waals surface area contributed by atoms with Crippen molar-refractivity contribution in [1.29, 1.82) is 0 Å². The summed E-state index contributed by atoms with van der Waals surface area (Å²) in [5.41, 5.74) is -1.35. The first-order valence-electron chi connectivity index (χ1n) is 11.8. The van der Waals surface area contributed by atoms with Crippen LogP contribution in [0.1, 0.15) is 76.7 Å². The summed E-state index contributed by atoms with van der Waals surface area (Å²) in [6.07, 6.45) is 6.83. The van der Waals surface area contributed by atoms with Crippen LogP contribution in [0.5, 0.6) is 5.75 Å². The van der Waals surface area contributed by atoms with Crippen molar-refractivity contribution < 1.29 is 27.1 Å². The molecule has 0 heterocycles. The lowest BCUT2D eigenvalue weighted by molar-refractivity contribution is -0.140. The van der Waals surface area contributed by atoms with Gasteiger partial charge in [-0.15, -0.1) is 0 Å². The number of fused-ring (bicyclic) bond motifs is 1. The highest BCUT2D eigenvalue weighted by atomic mass is 19.4. The molecule has 1 aromatic rings. The van der Waals surface area contributed by atoms with Gasteiger partial charge in [0.15, 0.2) is 0 Å². The van der Waals surface area contributed by atoms with Crippen LogP contribution < -0.4 is 4.74 Å². The van der Waals surface area contributed by atoms with Crippen molar-refractivity contribution in [2.24, 2.45) is 35.5 Å². The number of benzene rings is 1. The molecule has 31 heavy (non-hydrogen) atoms. The molecular weight excluding hydrogens is 408 g/mol. The largest absolute Gasteiger partial charge is 0.426 e. The second-order valence-electron chi connectivity index (χ2n) is 10.2. The molecule has 0 amide bonds. The summed E-state index contributed by atoms with van der Waals surface area (Å²) in [6.45, 7) is 2.38. The van der Waals surface area contributed by atoms with Gasteiger partial charge >= 0.3 is 12.1 Å². The van der Waals surface area contributed by atoms with E-state index in [1.165, 1.54) is 38.5 Å². The molecule has 6 heteroatoms. The molecule has 0 spiro atoms. The van der Waals surface area contributed by atoms with E-state index in [1.54, 1.807) is 0 Å². The normalized spacial score (nSPS) is 34.1. The third kappa shape index (κ3) is 5.25. The highest BCUT2D eigenvalue weighted by Crippen LogP contribution is 2.49. The SMILES string of the molecule is CC1CCC2CC(C3CCC(C(=O)Oc4ccc(C(F)(F)F)c(F)c4)CC3)CCC2C1. The van der Waals surface area contributed by atoms with Crippen LogP contribution in [0.25, 0.3) is 0 Å². The zero-order valence-corrected chi connectivity index (χ0v) is 18.1. The maximum Gasteiger partial charge on any atom is 0.419 e. The molecule has 3 aliphatic rings. The Morgan fingerprint density at radius 3 is 2.10 bits per heavy atom. The molecule has 2 nitrogen and oxygen atoms in total. The molecule has 4 rings (SSSR count). The summed E-state index contributed by atoms with van der Waals surface area (Å²) in [6, 6.07) is 2.28. The minimum absolute atomic E-state index is 0.164. The number of carbonyl (C=O) groups is 1. The Morgan fingerprint density at radius 1 is 0.871 bits per heavy atom. The summed E-state index contributed by atoms with van der Waals surface area (Å²) >= 11 is 0. The summed E-state index contributed by atoms with van der Waals surface area (Å²) < 4.78 is 57.0. The number of hydrogen-bond acceptors (Lipinski definition) is 2. The van der Waals surface area contributed by atoms with Crippen LogP contribution in [0.2, 0.25) is 0 Å². The van der Waals surface area contributed by atoms with Gasteiger partial charge in [-0.1, -0.05) is 13.3 Å². The quantitative estimate of drug-likeness (QED) is 0.278.